The molecular weight excluding hydrogens is 454 g/mol. The second-order valence-electron chi connectivity index (χ2n) is 10.4. The van der Waals surface area contributed by atoms with Crippen molar-refractivity contribution in [3.63, 3.8) is 0 Å². The molecule has 2 aliphatic heterocycles. The van der Waals surface area contributed by atoms with Gasteiger partial charge in [0, 0.05) is 44.3 Å². The predicted molar refractivity (Wildman–Crippen MR) is 135 cm³/mol. The third-order valence-corrected chi connectivity index (χ3v) is 7.94. The van der Waals surface area contributed by atoms with E-state index < -0.39 is 5.92 Å². The molecular formula is C28H35N5O3. The van der Waals surface area contributed by atoms with Gasteiger partial charge in [0.2, 0.25) is 11.8 Å². The number of hydrogen-bond donors (Lipinski definition) is 1. The molecule has 0 radical (unpaired) electrons. The highest BCUT2D eigenvalue weighted by Gasteiger charge is 2.47. The lowest BCUT2D eigenvalue weighted by atomic mass is 9.97. The van der Waals surface area contributed by atoms with Crippen molar-refractivity contribution < 1.29 is 14.4 Å². The summed E-state index contributed by atoms with van der Waals surface area (Å²) < 4.78 is 0. The van der Waals surface area contributed by atoms with E-state index in [4.69, 9.17) is 0 Å². The molecule has 1 saturated carbocycles. The number of carbonyl (C=O) groups excluding carboxylic acids is 3. The summed E-state index contributed by atoms with van der Waals surface area (Å²) in [5, 5.41) is 3.08. The number of amides is 3. The number of aryl methyl sites for hydroxylation is 1. The van der Waals surface area contributed by atoms with Crippen molar-refractivity contribution >= 4 is 17.7 Å². The Hall–Kier alpha value is -3.29. The van der Waals surface area contributed by atoms with Crippen molar-refractivity contribution in [2.75, 3.05) is 19.6 Å². The summed E-state index contributed by atoms with van der Waals surface area (Å²) in [6.45, 7) is 4.33. The third-order valence-electron chi connectivity index (χ3n) is 7.94. The van der Waals surface area contributed by atoms with E-state index in [0.717, 1.165) is 37.8 Å². The molecule has 3 heterocycles. The molecule has 8 nitrogen and oxygen atoms in total. The molecule has 0 unspecified atom stereocenters. The monoisotopic (exact) mass is 489 g/mol. The minimum Gasteiger partial charge on any atom is -0.356 e. The maximum atomic E-state index is 13.7. The minimum atomic E-state index is -0.406. The van der Waals surface area contributed by atoms with Gasteiger partial charge in [0.1, 0.15) is 5.69 Å². The highest BCUT2D eigenvalue weighted by Crippen LogP contribution is 2.38. The van der Waals surface area contributed by atoms with Gasteiger partial charge in [0.15, 0.2) is 0 Å². The Kier molecular flexibility index (Phi) is 7.30. The molecule has 1 aliphatic carbocycles. The zero-order chi connectivity index (χ0) is 25.1. The number of carbonyl (C=O) groups is 3. The van der Waals surface area contributed by atoms with E-state index >= 15 is 0 Å². The first-order chi connectivity index (χ1) is 17.5. The van der Waals surface area contributed by atoms with E-state index in [9.17, 15) is 14.4 Å². The lowest BCUT2D eigenvalue weighted by Crippen LogP contribution is -2.47. The smallest absolute Gasteiger partial charge is 0.274 e. The number of rotatable bonds is 2. The van der Waals surface area contributed by atoms with Crippen LogP contribution in [0.2, 0.25) is 0 Å². The van der Waals surface area contributed by atoms with Gasteiger partial charge in [0.25, 0.3) is 5.91 Å². The van der Waals surface area contributed by atoms with Crippen molar-refractivity contribution in [1.82, 2.24) is 25.1 Å². The van der Waals surface area contributed by atoms with E-state index in [-0.39, 0.29) is 35.4 Å². The summed E-state index contributed by atoms with van der Waals surface area (Å²) in [6.07, 6.45) is 8.72. The molecule has 1 aromatic heterocycles. The minimum absolute atomic E-state index is 0.0472. The van der Waals surface area contributed by atoms with Gasteiger partial charge in [0.05, 0.1) is 17.8 Å². The lowest BCUT2D eigenvalue weighted by molar-refractivity contribution is -0.136. The van der Waals surface area contributed by atoms with Gasteiger partial charge < -0.3 is 15.1 Å². The highest BCUT2D eigenvalue weighted by molar-refractivity contribution is 5.93. The first kappa shape index (κ1) is 24.4. The molecule has 1 N–H and O–H groups in total. The first-order valence-electron chi connectivity index (χ1n) is 13.2. The van der Waals surface area contributed by atoms with Crippen molar-refractivity contribution in [3.05, 3.63) is 59.2 Å². The number of fused-ring (bicyclic) bond motifs is 2. The van der Waals surface area contributed by atoms with Crippen molar-refractivity contribution in [2.45, 2.75) is 64.5 Å². The fraction of sp³-hybridized carbons (Fsp3) is 0.536. The zero-order valence-corrected chi connectivity index (χ0v) is 21.0. The maximum absolute atomic E-state index is 13.7. The molecule has 5 rings (SSSR count). The normalized spacial score (nSPS) is 24.8. The van der Waals surface area contributed by atoms with Crippen LogP contribution in [-0.4, -0.2) is 63.2 Å². The van der Waals surface area contributed by atoms with Crippen LogP contribution in [0.5, 0.6) is 0 Å². The fourth-order valence-corrected chi connectivity index (χ4v) is 5.96. The Morgan fingerprint density at radius 2 is 1.78 bits per heavy atom. The molecule has 190 valence electrons. The quantitative estimate of drug-likeness (QED) is 0.700. The number of nitrogens with one attached hydrogen (secondary N) is 1. The third kappa shape index (κ3) is 5.13. The largest absolute Gasteiger partial charge is 0.356 e. The lowest BCUT2D eigenvalue weighted by Gasteiger charge is -2.33. The summed E-state index contributed by atoms with van der Waals surface area (Å²) in [4.78, 5) is 52.9. The average Bonchev–Trinajstić information content (AvgIpc) is 3.33. The topological polar surface area (TPSA) is 95.5 Å². The van der Waals surface area contributed by atoms with Crippen LogP contribution in [0.1, 0.15) is 65.8 Å². The summed E-state index contributed by atoms with van der Waals surface area (Å²) in [5.41, 5.74) is 3.53. The van der Waals surface area contributed by atoms with Crippen LogP contribution in [-0.2, 0) is 22.6 Å². The van der Waals surface area contributed by atoms with Crippen molar-refractivity contribution in [1.29, 1.82) is 0 Å². The van der Waals surface area contributed by atoms with Crippen LogP contribution in [0.4, 0.5) is 0 Å². The molecule has 0 spiro atoms. The summed E-state index contributed by atoms with van der Waals surface area (Å²) >= 11 is 0. The van der Waals surface area contributed by atoms with Crippen LogP contribution in [0.15, 0.2) is 36.7 Å². The van der Waals surface area contributed by atoms with E-state index in [1.54, 1.807) is 6.20 Å². The van der Waals surface area contributed by atoms with Crippen molar-refractivity contribution in [3.8, 4) is 0 Å². The Morgan fingerprint density at radius 1 is 0.972 bits per heavy atom. The number of aromatic nitrogens is 2. The van der Waals surface area contributed by atoms with Gasteiger partial charge >= 0.3 is 0 Å². The first-order valence-corrected chi connectivity index (χ1v) is 13.2. The van der Waals surface area contributed by atoms with Crippen LogP contribution in [0.25, 0.3) is 0 Å². The van der Waals surface area contributed by atoms with Crippen molar-refractivity contribution in [2.24, 2.45) is 11.8 Å². The van der Waals surface area contributed by atoms with Crippen LogP contribution >= 0.6 is 0 Å². The van der Waals surface area contributed by atoms with Gasteiger partial charge in [-0.3, -0.25) is 19.4 Å². The van der Waals surface area contributed by atoms with Crippen LogP contribution in [0.3, 0.4) is 0 Å². The maximum Gasteiger partial charge on any atom is 0.274 e. The number of benzene rings is 1. The van der Waals surface area contributed by atoms with Gasteiger partial charge in [-0.05, 0) is 50.2 Å². The average molecular weight is 490 g/mol. The number of nitrogens with zero attached hydrogens (tertiary/aromatic N) is 4. The second-order valence-corrected chi connectivity index (χ2v) is 10.4. The second kappa shape index (κ2) is 10.8. The molecule has 3 atom stereocenters. The van der Waals surface area contributed by atoms with E-state index in [1.807, 2.05) is 28.9 Å². The van der Waals surface area contributed by atoms with E-state index in [2.05, 4.69) is 27.4 Å². The highest BCUT2D eigenvalue weighted by atomic mass is 16.2. The summed E-state index contributed by atoms with van der Waals surface area (Å²) in [6, 6.07) is 7.94. The zero-order valence-electron chi connectivity index (χ0n) is 21.0. The fourth-order valence-electron chi connectivity index (χ4n) is 5.96. The van der Waals surface area contributed by atoms with Gasteiger partial charge in [-0.2, -0.15) is 0 Å². The van der Waals surface area contributed by atoms with Gasteiger partial charge in [-0.1, -0.05) is 37.1 Å². The summed E-state index contributed by atoms with van der Waals surface area (Å²) in [5.74, 6) is -0.840. The molecule has 3 amide bonds. The Balaban J connectivity index is 1.39. The molecule has 1 saturated heterocycles. The Labute approximate surface area is 212 Å². The van der Waals surface area contributed by atoms with Crippen LogP contribution < -0.4 is 5.32 Å². The summed E-state index contributed by atoms with van der Waals surface area (Å²) in [7, 11) is 0. The van der Waals surface area contributed by atoms with Crippen LogP contribution in [0, 0.1) is 18.8 Å². The molecule has 2 fully saturated rings. The predicted octanol–water partition coefficient (Wildman–Crippen LogP) is 2.90. The molecule has 3 aliphatic rings. The molecule has 36 heavy (non-hydrogen) atoms. The molecule has 1 aromatic carbocycles. The van der Waals surface area contributed by atoms with Gasteiger partial charge in [-0.15, -0.1) is 0 Å². The molecule has 8 heteroatoms. The molecule has 0 bridgehead atoms. The number of hydrogen-bond acceptors (Lipinski definition) is 5. The molecule has 2 aromatic rings. The standard InChI is InChI=1S/C28H35N5O3/c1-19-16-31-24(17-30-19)28(36)33-12-7-3-2-6-11-29-26(34)23-14-22(15-25(23)33)27(35)32-13-10-20-8-4-5-9-21(20)18-32/h4-5,8-9,16-17,22-23,25H,2-3,6-7,10-15,18H2,1H3,(H,29,34)/t22-,23-,25+/m1/s1. The Bertz CT molecular complexity index is 1120. The van der Waals surface area contributed by atoms with Gasteiger partial charge in [-0.25, -0.2) is 4.98 Å². The van der Waals surface area contributed by atoms with E-state index in [1.165, 1.54) is 17.3 Å². The van der Waals surface area contributed by atoms with E-state index in [0.29, 0.717) is 39.0 Å². The SMILES string of the molecule is Cc1cnc(C(=O)N2CCCCCCNC(=O)[C@@H]3C[C@@H](C(=O)N4CCc5ccccc5C4)C[C@@H]32)cn1. The Morgan fingerprint density at radius 3 is 2.58 bits per heavy atom.